The Labute approximate surface area is 191 Å². The zero-order valence-corrected chi connectivity index (χ0v) is 19.6. The van der Waals surface area contributed by atoms with Crippen LogP contribution in [0.2, 0.25) is 0 Å². The van der Waals surface area contributed by atoms with Gasteiger partial charge in [0, 0.05) is 16.7 Å². The number of benzene rings is 3. The molecule has 3 N–H and O–H groups in total. The van der Waals surface area contributed by atoms with Crippen molar-refractivity contribution in [1.82, 2.24) is 5.32 Å². The Morgan fingerprint density at radius 2 is 1.70 bits per heavy atom. The standard InChI is InChI=1S/C22H22BrN3O2S2/c1-16-7-12-20(25-22(29)24-14-13-17-5-3-2-4-6-17)21(15-16)30(27,28)26-19-10-8-18(23)9-11-19/h2-12,15,26H,13-14H2,1H3,(H2,24,25,29). The summed E-state index contributed by atoms with van der Waals surface area (Å²) in [4.78, 5) is 0.137. The summed E-state index contributed by atoms with van der Waals surface area (Å²) in [5, 5.41) is 6.52. The van der Waals surface area contributed by atoms with Gasteiger partial charge in [-0.15, -0.1) is 0 Å². The smallest absolute Gasteiger partial charge is 0.263 e. The SMILES string of the molecule is Cc1ccc(NC(=S)NCCc2ccccc2)c(S(=O)(=O)Nc2ccc(Br)cc2)c1. The van der Waals surface area contributed by atoms with Crippen LogP contribution in [0.5, 0.6) is 0 Å². The highest BCUT2D eigenvalue weighted by Crippen LogP contribution is 2.26. The Kier molecular flexibility index (Phi) is 7.47. The summed E-state index contributed by atoms with van der Waals surface area (Å²) in [6.07, 6.45) is 0.812. The first-order chi connectivity index (χ1) is 14.3. The number of halogens is 1. The zero-order valence-electron chi connectivity index (χ0n) is 16.4. The molecule has 8 heteroatoms. The number of rotatable bonds is 7. The second-order valence-electron chi connectivity index (χ2n) is 6.73. The van der Waals surface area contributed by atoms with Gasteiger partial charge in [0.2, 0.25) is 0 Å². The van der Waals surface area contributed by atoms with E-state index < -0.39 is 10.0 Å². The van der Waals surface area contributed by atoms with Gasteiger partial charge in [-0.1, -0.05) is 52.3 Å². The lowest BCUT2D eigenvalue weighted by molar-refractivity contribution is 0.601. The Morgan fingerprint density at radius 1 is 1.00 bits per heavy atom. The molecule has 0 aliphatic rings. The van der Waals surface area contributed by atoms with Gasteiger partial charge >= 0.3 is 0 Å². The van der Waals surface area contributed by atoms with E-state index in [1.165, 1.54) is 5.56 Å². The average Bonchev–Trinajstić information content (AvgIpc) is 2.71. The van der Waals surface area contributed by atoms with Gasteiger partial charge in [-0.3, -0.25) is 4.72 Å². The minimum absolute atomic E-state index is 0.137. The van der Waals surface area contributed by atoms with Crippen LogP contribution in [-0.2, 0) is 16.4 Å². The van der Waals surface area contributed by atoms with Crippen LogP contribution in [0.3, 0.4) is 0 Å². The highest BCUT2D eigenvalue weighted by Gasteiger charge is 2.20. The van der Waals surface area contributed by atoms with Gasteiger partial charge < -0.3 is 10.6 Å². The third kappa shape index (κ3) is 6.29. The molecule has 0 bridgehead atoms. The first-order valence-corrected chi connectivity index (χ1v) is 12.0. The molecule has 0 heterocycles. The van der Waals surface area contributed by atoms with Gasteiger partial charge in [-0.25, -0.2) is 8.42 Å². The molecule has 0 amide bonds. The second kappa shape index (κ2) is 10.1. The molecule has 0 aliphatic carbocycles. The molecule has 0 radical (unpaired) electrons. The van der Waals surface area contributed by atoms with Crippen molar-refractivity contribution >= 4 is 54.7 Å². The fourth-order valence-corrected chi connectivity index (χ4v) is 4.60. The average molecular weight is 504 g/mol. The summed E-state index contributed by atoms with van der Waals surface area (Å²) in [5.74, 6) is 0. The van der Waals surface area contributed by atoms with Gasteiger partial charge in [0.25, 0.3) is 10.0 Å². The van der Waals surface area contributed by atoms with Gasteiger partial charge in [0.15, 0.2) is 5.11 Å². The van der Waals surface area contributed by atoms with Crippen LogP contribution in [0, 0.1) is 6.92 Å². The van der Waals surface area contributed by atoms with Gasteiger partial charge in [-0.05, 0) is 73.1 Å². The Balaban J connectivity index is 1.71. The quantitative estimate of drug-likeness (QED) is 0.391. The molecule has 0 aromatic heterocycles. The summed E-state index contributed by atoms with van der Waals surface area (Å²) in [7, 11) is -3.80. The van der Waals surface area contributed by atoms with Crippen LogP contribution < -0.4 is 15.4 Å². The maximum absolute atomic E-state index is 13.0. The van der Waals surface area contributed by atoms with E-state index in [1.807, 2.05) is 31.2 Å². The number of anilines is 2. The predicted molar refractivity (Wildman–Crippen MR) is 130 cm³/mol. The monoisotopic (exact) mass is 503 g/mol. The van der Waals surface area contributed by atoms with Crippen LogP contribution >= 0.6 is 28.1 Å². The second-order valence-corrected chi connectivity index (χ2v) is 9.70. The van der Waals surface area contributed by atoms with E-state index in [4.69, 9.17) is 12.2 Å². The van der Waals surface area contributed by atoms with Gasteiger partial charge in [0.05, 0.1) is 5.69 Å². The van der Waals surface area contributed by atoms with Crippen molar-refractivity contribution in [2.24, 2.45) is 0 Å². The van der Waals surface area contributed by atoms with Gasteiger partial charge in [-0.2, -0.15) is 0 Å². The lowest BCUT2D eigenvalue weighted by Gasteiger charge is -2.16. The summed E-state index contributed by atoms with van der Waals surface area (Å²) < 4.78 is 29.5. The third-order valence-corrected chi connectivity index (χ3v) is 6.51. The number of thiocarbonyl (C=S) groups is 1. The molecule has 3 rings (SSSR count). The highest BCUT2D eigenvalue weighted by molar-refractivity contribution is 9.10. The Hall–Kier alpha value is -2.42. The number of hydrogen-bond donors (Lipinski definition) is 3. The van der Waals surface area contributed by atoms with E-state index in [1.54, 1.807) is 36.4 Å². The molecule has 0 saturated carbocycles. The largest absolute Gasteiger partial charge is 0.362 e. The molecule has 0 atom stereocenters. The maximum atomic E-state index is 13.0. The first kappa shape index (κ1) is 22.3. The van der Waals surface area contributed by atoms with E-state index >= 15 is 0 Å². The molecule has 0 aliphatic heterocycles. The minimum Gasteiger partial charge on any atom is -0.362 e. The van der Waals surface area contributed by atoms with Crippen molar-refractivity contribution in [2.75, 3.05) is 16.6 Å². The summed E-state index contributed by atoms with van der Waals surface area (Å²) in [5.41, 5.74) is 2.93. The molecule has 0 fully saturated rings. The number of aryl methyl sites for hydroxylation is 1. The number of hydrogen-bond acceptors (Lipinski definition) is 3. The molecular weight excluding hydrogens is 482 g/mol. The number of sulfonamides is 1. The van der Waals surface area contributed by atoms with Crippen molar-refractivity contribution in [3.8, 4) is 0 Å². The topological polar surface area (TPSA) is 70.2 Å². The molecule has 5 nitrogen and oxygen atoms in total. The molecule has 0 saturated heterocycles. The van der Waals surface area contributed by atoms with E-state index in [9.17, 15) is 8.42 Å². The van der Waals surface area contributed by atoms with Crippen molar-refractivity contribution < 1.29 is 8.42 Å². The molecule has 0 unspecified atom stereocenters. The van der Waals surface area contributed by atoms with E-state index in [2.05, 4.69) is 43.4 Å². The minimum atomic E-state index is -3.80. The maximum Gasteiger partial charge on any atom is 0.263 e. The van der Waals surface area contributed by atoms with Crippen LogP contribution in [-0.4, -0.2) is 20.1 Å². The Morgan fingerprint density at radius 3 is 2.40 bits per heavy atom. The number of nitrogens with one attached hydrogen (secondary N) is 3. The predicted octanol–water partition coefficient (Wildman–Crippen LogP) is 5.09. The normalized spacial score (nSPS) is 11.0. The van der Waals surface area contributed by atoms with E-state index in [0.29, 0.717) is 23.0 Å². The fraction of sp³-hybridized carbons (Fsp3) is 0.136. The molecule has 3 aromatic rings. The molecule has 0 spiro atoms. The summed E-state index contributed by atoms with van der Waals surface area (Å²) in [6, 6.07) is 22.2. The lowest BCUT2D eigenvalue weighted by atomic mass is 10.1. The van der Waals surface area contributed by atoms with E-state index in [-0.39, 0.29) is 4.90 Å². The van der Waals surface area contributed by atoms with Crippen molar-refractivity contribution in [3.63, 3.8) is 0 Å². The van der Waals surface area contributed by atoms with Crippen LogP contribution in [0.1, 0.15) is 11.1 Å². The van der Waals surface area contributed by atoms with Crippen LogP contribution in [0.15, 0.2) is 82.2 Å². The van der Waals surface area contributed by atoms with Crippen molar-refractivity contribution in [1.29, 1.82) is 0 Å². The Bertz CT molecular complexity index is 1120. The van der Waals surface area contributed by atoms with Crippen molar-refractivity contribution in [2.45, 2.75) is 18.2 Å². The van der Waals surface area contributed by atoms with Gasteiger partial charge in [0.1, 0.15) is 4.90 Å². The zero-order chi connectivity index (χ0) is 21.6. The van der Waals surface area contributed by atoms with Crippen LogP contribution in [0.4, 0.5) is 11.4 Å². The molecule has 3 aromatic carbocycles. The van der Waals surface area contributed by atoms with Crippen LogP contribution in [0.25, 0.3) is 0 Å². The summed E-state index contributed by atoms with van der Waals surface area (Å²) in [6.45, 7) is 2.49. The van der Waals surface area contributed by atoms with Crippen molar-refractivity contribution in [3.05, 3.63) is 88.4 Å². The third-order valence-electron chi connectivity index (χ3n) is 4.31. The fourth-order valence-electron chi connectivity index (χ4n) is 2.81. The molecule has 30 heavy (non-hydrogen) atoms. The molecular formula is C22H22BrN3O2S2. The lowest BCUT2D eigenvalue weighted by Crippen LogP contribution is -2.31. The first-order valence-electron chi connectivity index (χ1n) is 9.31. The summed E-state index contributed by atoms with van der Waals surface area (Å²) >= 11 is 8.71. The van der Waals surface area contributed by atoms with E-state index in [0.717, 1.165) is 16.5 Å². The highest BCUT2D eigenvalue weighted by atomic mass is 79.9. The molecule has 156 valence electrons.